The predicted octanol–water partition coefficient (Wildman–Crippen LogP) is 4.30. The fourth-order valence-electron chi connectivity index (χ4n) is 3.19. The molecule has 0 radical (unpaired) electrons. The zero-order chi connectivity index (χ0) is 21.3. The van der Waals surface area contributed by atoms with Crippen LogP contribution in [-0.4, -0.2) is 26.0 Å². The van der Waals surface area contributed by atoms with Crippen molar-refractivity contribution in [2.75, 3.05) is 24.4 Å². The van der Waals surface area contributed by atoms with Crippen molar-refractivity contribution in [2.24, 2.45) is 0 Å². The number of carbonyl (C=O) groups is 2. The molecule has 2 amide bonds. The summed E-state index contributed by atoms with van der Waals surface area (Å²) in [6.45, 7) is 0. The van der Waals surface area contributed by atoms with Crippen molar-refractivity contribution in [2.45, 2.75) is 0 Å². The van der Waals surface area contributed by atoms with Gasteiger partial charge in [0.25, 0.3) is 11.8 Å². The molecule has 8 heteroatoms. The summed E-state index contributed by atoms with van der Waals surface area (Å²) in [6.07, 6.45) is 0. The lowest BCUT2D eigenvalue weighted by atomic mass is 10.1. The van der Waals surface area contributed by atoms with Crippen LogP contribution in [0.4, 0.5) is 15.8 Å². The molecule has 3 aromatic rings. The second kappa shape index (κ2) is 8.00. The van der Waals surface area contributed by atoms with E-state index in [1.807, 2.05) is 0 Å². The zero-order valence-electron chi connectivity index (χ0n) is 16.1. The topological polar surface area (TPSA) is 67.9 Å². The van der Waals surface area contributed by atoms with Crippen LogP contribution in [0, 0.1) is 5.82 Å². The van der Waals surface area contributed by atoms with Crippen LogP contribution in [0.1, 0.15) is 4.88 Å². The van der Waals surface area contributed by atoms with E-state index in [-0.39, 0.29) is 17.0 Å². The Labute approximate surface area is 176 Å². The molecule has 0 saturated carbocycles. The third-order valence-corrected chi connectivity index (χ3v) is 5.50. The van der Waals surface area contributed by atoms with Gasteiger partial charge in [0.2, 0.25) is 0 Å². The van der Waals surface area contributed by atoms with E-state index in [1.54, 1.807) is 41.8 Å². The van der Waals surface area contributed by atoms with Crippen molar-refractivity contribution in [3.8, 4) is 11.5 Å². The number of hydrogen-bond acceptors (Lipinski definition) is 6. The fraction of sp³-hybridized carbons (Fsp3) is 0.0909. The normalized spacial score (nSPS) is 13.8. The zero-order valence-corrected chi connectivity index (χ0v) is 17.0. The van der Waals surface area contributed by atoms with Gasteiger partial charge < -0.3 is 14.8 Å². The maximum absolute atomic E-state index is 14.4. The van der Waals surface area contributed by atoms with Gasteiger partial charge in [-0.3, -0.25) is 9.59 Å². The number of hydrogen-bond donors (Lipinski definition) is 1. The summed E-state index contributed by atoms with van der Waals surface area (Å²) >= 11 is 1.31. The predicted molar refractivity (Wildman–Crippen MR) is 113 cm³/mol. The van der Waals surface area contributed by atoms with Gasteiger partial charge in [0.1, 0.15) is 23.0 Å². The standard InChI is InChI=1S/C22H17FN2O4S/c1-28-13-9-10-17(29-2)15(12-13)24-20-19(18-8-5-11-30-18)21(26)25(22(20)27)16-7-4-3-6-14(16)23/h3-12,24H,1-2H3. The van der Waals surface area contributed by atoms with E-state index in [9.17, 15) is 14.0 Å². The van der Waals surface area contributed by atoms with Crippen LogP contribution in [0.5, 0.6) is 11.5 Å². The molecule has 0 spiro atoms. The van der Waals surface area contributed by atoms with E-state index in [0.29, 0.717) is 22.1 Å². The summed E-state index contributed by atoms with van der Waals surface area (Å²) in [5.41, 5.74) is 0.550. The second-order valence-electron chi connectivity index (χ2n) is 6.32. The second-order valence-corrected chi connectivity index (χ2v) is 7.26. The third kappa shape index (κ3) is 3.31. The lowest BCUT2D eigenvalue weighted by Gasteiger charge is -2.16. The van der Waals surface area contributed by atoms with E-state index in [1.165, 1.54) is 43.8 Å². The SMILES string of the molecule is COc1ccc(OC)c(NC2=C(c3cccs3)C(=O)N(c3ccccc3F)C2=O)c1. The summed E-state index contributed by atoms with van der Waals surface area (Å²) in [6, 6.07) is 14.2. The average molecular weight is 424 g/mol. The molecule has 6 nitrogen and oxygen atoms in total. The van der Waals surface area contributed by atoms with E-state index in [4.69, 9.17) is 9.47 Å². The first-order chi connectivity index (χ1) is 14.5. The maximum Gasteiger partial charge on any atom is 0.282 e. The number of benzene rings is 2. The molecular formula is C22H17FN2O4S. The molecule has 1 aliphatic heterocycles. The molecule has 1 N–H and O–H groups in total. The number of anilines is 2. The molecule has 1 aliphatic rings. The van der Waals surface area contributed by atoms with E-state index >= 15 is 0 Å². The lowest BCUT2D eigenvalue weighted by molar-refractivity contribution is -0.120. The van der Waals surface area contributed by atoms with Crippen molar-refractivity contribution >= 4 is 40.1 Å². The Hall–Kier alpha value is -3.65. The number of amides is 2. The highest BCUT2D eigenvalue weighted by molar-refractivity contribution is 7.11. The van der Waals surface area contributed by atoms with Crippen LogP contribution < -0.4 is 19.7 Å². The van der Waals surface area contributed by atoms with Crippen molar-refractivity contribution in [1.29, 1.82) is 0 Å². The molecule has 0 bridgehead atoms. The largest absolute Gasteiger partial charge is 0.497 e. The minimum atomic E-state index is -0.662. The highest BCUT2D eigenvalue weighted by atomic mass is 32.1. The van der Waals surface area contributed by atoms with Gasteiger partial charge in [-0.25, -0.2) is 9.29 Å². The summed E-state index contributed by atoms with van der Waals surface area (Å²) in [5.74, 6) is -0.919. The Morgan fingerprint density at radius 1 is 0.967 bits per heavy atom. The molecule has 1 aromatic heterocycles. The summed E-state index contributed by atoms with van der Waals surface area (Å²) < 4.78 is 25.0. The van der Waals surface area contributed by atoms with Gasteiger partial charge in [-0.1, -0.05) is 18.2 Å². The minimum absolute atomic E-state index is 0.0391. The third-order valence-electron chi connectivity index (χ3n) is 4.61. The monoisotopic (exact) mass is 424 g/mol. The molecule has 0 saturated heterocycles. The highest BCUT2D eigenvalue weighted by Gasteiger charge is 2.42. The van der Waals surface area contributed by atoms with E-state index in [2.05, 4.69) is 5.32 Å². The molecule has 4 rings (SSSR count). The number of carbonyl (C=O) groups excluding carboxylic acids is 2. The number of rotatable bonds is 6. The number of thiophene rings is 1. The maximum atomic E-state index is 14.4. The first kappa shape index (κ1) is 19.7. The molecule has 0 atom stereocenters. The smallest absolute Gasteiger partial charge is 0.282 e. The van der Waals surface area contributed by atoms with Crippen LogP contribution in [0.2, 0.25) is 0 Å². The van der Waals surface area contributed by atoms with Crippen molar-refractivity contribution in [3.63, 3.8) is 0 Å². The number of halogens is 1. The molecule has 152 valence electrons. The number of para-hydroxylation sites is 1. The lowest BCUT2D eigenvalue weighted by Crippen LogP contribution is -2.33. The molecular weight excluding hydrogens is 407 g/mol. The van der Waals surface area contributed by atoms with Crippen molar-refractivity contribution < 1.29 is 23.5 Å². The van der Waals surface area contributed by atoms with Crippen LogP contribution in [-0.2, 0) is 9.59 Å². The van der Waals surface area contributed by atoms with Gasteiger partial charge in [-0.15, -0.1) is 11.3 Å². The average Bonchev–Trinajstić information content (AvgIpc) is 3.36. The molecule has 0 aliphatic carbocycles. The first-order valence-electron chi connectivity index (χ1n) is 8.95. The first-order valence-corrected chi connectivity index (χ1v) is 9.83. The van der Waals surface area contributed by atoms with Crippen LogP contribution in [0.3, 0.4) is 0 Å². The summed E-state index contributed by atoms with van der Waals surface area (Å²) in [4.78, 5) is 28.0. The van der Waals surface area contributed by atoms with Gasteiger partial charge in [0, 0.05) is 10.9 Å². The molecule has 2 aromatic carbocycles. The number of methoxy groups -OCH3 is 2. The molecule has 0 fully saturated rings. The van der Waals surface area contributed by atoms with Crippen molar-refractivity contribution in [3.05, 3.63) is 76.4 Å². The van der Waals surface area contributed by atoms with Gasteiger partial charge in [0.05, 0.1) is 31.2 Å². The molecule has 0 unspecified atom stereocenters. The quantitative estimate of drug-likeness (QED) is 0.598. The summed E-state index contributed by atoms with van der Waals surface area (Å²) in [7, 11) is 3.01. The Morgan fingerprint density at radius 2 is 1.77 bits per heavy atom. The van der Waals surface area contributed by atoms with Crippen LogP contribution >= 0.6 is 11.3 Å². The Bertz CT molecular complexity index is 1160. The van der Waals surface area contributed by atoms with Gasteiger partial charge in [-0.2, -0.15) is 0 Å². The Balaban J connectivity index is 1.84. The Kier molecular flexibility index (Phi) is 5.24. The van der Waals surface area contributed by atoms with E-state index < -0.39 is 17.6 Å². The minimum Gasteiger partial charge on any atom is -0.497 e. The molecule has 30 heavy (non-hydrogen) atoms. The highest BCUT2D eigenvalue weighted by Crippen LogP contribution is 2.38. The van der Waals surface area contributed by atoms with Crippen LogP contribution in [0.15, 0.2) is 65.7 Å². The van der Waals surface area contributed by atoms with Crippen LogP contribution in [0.25, 0.3) is 5.57 Å². The Morgan fingerprint density at radius 3 is 2.43 bits per heavy atom. The summed E-state index contributed by atoms with van der Waals surface area (Å²) in [5, 5.41) is 4.82. The van der Waals surface area contributed by atoms with Gasteiger partial charge in [0.15, 0.2) is 0 Å². The van der Waals surface area contributed by atoms with E-state index in [0.717, 1.165) is 4.90 Å². The number of ether oxygens (including phenoxy) is 2. The van der Waals surface area contributed by atoms with Gasteiger partial charge >= 0.3 is 0 Å². The fourth-order valence-corrected chi connectivity index (χ4v) is 3.96. The molecule has 2 heterocycles. The van der Waals surface area contributed by atoms with Gasteiger partial charge in [-0.05, 0) is 35.7 Å². The number of imide groups is 1. The number of nitrogens with zero attached hydrogens (tertiary/aromatic N) is 1. The number of nitrogens with one attached hydrogen (secondary N) is 1. The van der Waals surface area contributed by atoms with Crippen molar-refractivity contribution in [1.82, 2.24) is 0 Å².